The molecule has 0 radical (unpaired) electrons. The number of rotatable bonds is 5. The molecule has 0 unspecified atom stereocenters. The van der Waals surface area contributed by atoms with Crippen LogP contribution in [0.15, 0.2) is 23.4 Å². The second-order valence-corrected chi connectivity index (χ2v) is 3.06. The molecule has 88 valence electrons. The van der Waals surface area contributed by atoms with Gasteiger partial charge in [-0.1, -0.05) is 16.8 Å². The van der Waals surface area contributed by atoms with Gasteiger partial charge in [0.05, 0.1) is 5.02 Å². The molecule has 0 saturated heterocycles. The van der Waals surface area contributed by atoms with Gasteiger partial charge in [-0.3, -0.25) is 0 Å². The van der Waals surface area contributed by atoms with E-state index in [0.29, 0.717) is 11.3 Å². The molecule has 0 heterocycles. The number of nitrogens with two attached hydrogens (primary N) is 1. The molecule has 0 aliphatic heterocycles. The summed E-state index contributed by atoms with van der Waals surface area (Å²) in [6, 6.07) is 4.64. The lowest BCUT2D eigenvalue weighted by molar-refractivity contribution is 0.00176. The molecule has 0 bridgehead atoms. The quantitative estimate of drug-likeness (QED) is 0.300. The van der Waals surface area contributed by atoms with Gasteiger partial charge in [-0.15, -0.1) is 0 Å². The summed E-state index contributed by atoms with van der Waals surface area (Å²) < 4.78 is 4.82. The molecule has 0 aromatic heterocycles. The smallest absolute Gasteiger partial charge is 0.214 e. The second-order valence-electron chi connectivity index (χ2n) is 2.65. The fourth-order valence-corrected chi connectivity index (χ4v) is 1.23. The Morgan fingerprint density at radius 2 is 2.12 bits per heavy atom. The Morgan fingerprint density at radius 3 is 2.69 bits per heavy atom. The van der Waals surface area contributed by atoms with Crippen molar-refractivity contribution >= 4 is 17.4 Å². The van der Waals surface area contributed by atoms with Crippen molar-refractivity contribution in [2.45, 2.75) is 0 Å². The Balaban J connectivity index is 2.88. The maximum atomic E-state index is 8.56. The first-order valence-electron chi connectivity index (χ1n) is 4.29. The summed E-state index contributed by atoms with van der Waals surface area (Å²) in [5.41, 5.74) is 6.06. The summed E-state index contributed by atoms with van der Waals surface area (Å²) >= 11 is 5.85. The van der Waals surface area contributed by atoms with Crippen molar-refractivity contribution in [3.63, 3.8) is 0 Å². The molecule has 0 spiro atoms. The molecular weight excluding hydrogens is 236 g/mol. The maximum Gasteiger partial charge on any atom is 0.214 e. The van der Waals surface area contributed by atoms with Gasteiger partial charge in [0.1, 0.15) is 5.75 Å². The summed E-state index contributed by atoms with van der Waals surface area (Å²) in [6.07, 6.45) is 0. The van der Waals surface area contributed by atoms with Crippen LogP contribution in [0.4, 0.5) is 0 Å². The number of ether oxygens (including phenoxy) is 1. The summed E-state index contributed by atoms with van der Waals surface area (Å²) in [5, 5.41) is 20.6. The molecule has 1 aromatic rings. The van der Waals surface area contributed by atoms with E-state index < -0.39 is 13.6 Å². The standard InChI is InChI=1S/C9H11ClN2O4/c10-7-3-6(9(11)12-16-5-14)1-2-8(7)15-4-13/h1-3,13-14H,4-5H2,(H2,11,12). The molecule has 0 aliphatic rings. The number of aliphatic hydroxyl groups excluding tert-OH is 2. The summed E-state index contributed by atoms with van der Waals surface area (Å²) in [5.74, 6) is 0.412. The van der Waals surface area contributed by atoms with Crippen LogP contribution in [0.5, 0.6) is 5.75 Å². The third-order valence-electron chi connectivity index (χ3n) is 1.67. The Morgan fingerprint density at radius 1 is 1.38 bits per heavy atom. The molecule has 0 aliphatic carbocycles. The first kappa shape index (κ1) is 12.6. The molecule has 0 atom stereocenters. The monoisotopic (exact) mass is 246 g/mol. The van der Waals surface area contributed by atoms with E-state index in [1.54, 1.807) is 6.07 Å². The fraction of sp³-hybridized carbons (Fsp3) is 0.222. The zero-order chi connectivity index (χ0) is 12.0. The number of hydrogen-bond donors (Lipinski definition) is 3. The number of aliphatic hydroxyl groups is 2. The van der Waals surface area contributed by atoms with E-state index in [2.05, 4.69) is 9.99 Å². The molecule has 0 amide bonds. The van der Waals surface area contributed by atoms with E-state index >= 15 is 0 Å². The van der Waals surface area contributed by atoms with Gasteiger partial charge in [-0.25, -0.2) is 0 Å². The third kappa shape index (κ3) is 3.27. The normalized spacial score (nSPS) is 11.3. The highest BCUT2D eigenvalue weighted by molar-refractivity contribution is 6.32. The van der Waals surface area contributed by atoms with Crippen LogP contribution in [0.3, 0.4) is 0 Å². The van der Waals surface area contributed by atoms with Gasteiger partial charge < -0.3 is 25.5 Å². The van der Waals surface area contributed by atoms with Gasteiger partial charge in [-0.05, 0) is 18.2 Å². The number of amidine groups is 1. The highest BCUT2D eigenvalue weighted by Crippen LogP contribution is 2.25. The fourth-order valence-electron chi connectivity index (χ4n) is 0.998. The molecule has 4 N–H and O–H groups in total. The van der Waals surface area contributed by atoms with Crippen LogP contribution in [-0.4, -0.2) is 29.6 Å². The molecular formula is C9H11ClN2O4. The van der Waals surface area contributed by atoms with Gasteiger partial charge in [-0.2, -0.15) is 0 Å². The number of oxime groups is 1. The summed E-state index contributed by atoms with van der Waals surface area (Å²) in [4.78, 5) is 4.37. The molecule has 16 heavy (non-hydrogen) atoms. The third-order valence-corrected chi connectivity index (χ3v) is 1.96. The molecule has 0 saturated carbocycles. The van der Waals surface area contributed by atoms with E-state index in [4.69, 9.17) is 32.3 Å². The number of hydrogen-bond acceptors (Lipinski definition) is 5. The summed E-state index contributed by atoms with van der Waals surface area (Å²) in [7, 11) is 0. The van der Waals surface area contributed by atoms with Crippen LogP contribution >= 0.6 is 11.6 Å². The van der Waals surface area contributed by atoms with Crippen molar-refractivity contribution in [2.24, 2.45) is 10.9 Å². The van der Waals surface area contributed by atoms with Gasteiger partial charge in [0.15, 0.2) is 12.6 Å². The van der Waals surface area contributed by atoms with Crippen molar-refractivity contribution < 1.29 is 19.8 Å². The van der Waals surface area contributed by atoms with Crippen LogP contribution in [0.25, 0.3) is 0 Å². The minimum atomic E-state index is -0.555. The molecule has 1 rings (SSSR count). The SMILES string of the molecule is NC(=NOCO)c1ccc(OCO)c(Cl)c1. The lowest BCUT2D eigenvalue weighted by Crippen LogP contribution is -2.14. The second kappa shape index (κ2) is 6.16. The zero-order valence-electron chi connectivity index (χ0n) is 8.26. The zero-order valence-corrected chi connectivity index (χ0v) is 9.02. The van der Waals surface area contributed by atoms with Crippen LogP contribution in [0.1, 0.15) is 5.56 Å². The molecule has 1 aromatic carbocycles. The van der Waals surface area contributed by atoms with Crippen molar-refractivity contribution in [1.29, 1.82) is 0 Å². The van der Waals surface area contributed by atoms with Crippen LogP contribution in [0.2, 0.25) is 5.02 Å². The van der Waals surface area contributed by atoms with E-state index in [0.717, 1.165) is 0 Å². The van der Waals surface area contributed by atoms with Gasteiger partial charge >= 0.3 is 0 Å². The van der Waals surface area contributed by atoms with E-state index in [-0.39, 0.29) is 10.9 Å². The lowest BCUT2D eigenvalue weighted by atomic mass is 10.2. The van der Waals surface area contributed by atoms with E-state index in [1.165, 1.54) is 12.1 Å². The maximum absolute atomic E-state index is 8.56. The van der Waals surface area contributed by atoms with Gasteiger partial charge in [0, 0.05) is 5.56 Å². The van der Waals surface area contributed by atoms with Gasteiger partial charge in [0.25, 0.3) is 0 Å². The largest absolute Gasteiger partial charge is 0.466 e. The van der Waals surface area contributed by atoms with Gasteiger partial charge in [0.2, 0.25) is 6.79 Å². The molecule has 6 nitrogen and oxygen atoms in total. The predicted octanol–water partition coefficient (Wildman–Crippen LogP) is 0.255. The highest BCUT2D eigenvalue weighted by atomic mass is 35.5. The van der Waals surface area contributed by atoms with E-state index in [9.17, 15) is 0 Å². The topological polar surface area (TPSA) is 97.3 Å². The van der Waals surface area contributed by atoms with E-state index in [1.807, 2.05) is 0 Å². The Hall–Kier alpha value is -1.50. The Bertz CT molecular complexity index is 384. The van der Waals surface area contributed by atoms with Crippen molar-refractivity contribution in [3.05, 3.63) is 28.8 Å². The average molecular weight is 247 g/mol. The van der Waals surface area contributed by atoms with Crippen molar-refractivity contribution in [2.75, 3.05) is 13.6 Å². The molecule has 7 heteroatoms. The highest BCUT2D eigenvalue weighted by Gasteiger charge is 2.05. The van der Waals surface area contributed by atoms with Crippen LogP contribution < -0.4 is 10.5 Å². The predicted molar refractivity (Wildman–Crippen MR) is 58.1 cm³/mol. The van der Waals surface area contributed by atoms with Crippen LogP contribution in [0, 0.1) is 0 Å². The van der Waals surface area contributed by atoms with Crippen molar-refractivity contribution in [1.82, 2.24) is 0 Å². The Labute approximate surface area is 96.8 Å². The van der Waals surface area contributed by atoms with Crippen molar-refractivity contribution in [3.8, 4) is 5.75 Å². The number of benzene rings is 1. The minimum Gasteiger partial charge on any atom is -0.466 e. The lowest BCUT2D eigenvalue weighted by Gasteiger charge is -2.06. The first-order chi connectivity index (χ1) is 7.69. The Kier molecular flexibility index (Phi) is 4.84. The summed E-state index contributed by atoms with van der Waals surface area (Å²) in [6.45, 7) is -1.02. The van der Waals surface area contributed by atoms with Crippen LogP contribution in [-0.2, 0) is 4.84 Å². The average Bonchev–Trinajstić information content (AvgIpc) is 2.29. The molecule has 0 fully saturated rings. The minimum absolute atomic E-state index is 0.0755. The first-order valence-corrected chi connectivity index (χ1v) is 4.66. The number of nitrogens with zero attached hydrogens (tertiary/aromatic N) is 1. The number of halogens is 1.